The van der Waals surface area contributed by atoms with Crippen LogP contribution < -0.4 is 10.5 Å². The van der Waals surface area contributed by atoms with E-state index in [1.807, 2.05) is 0 Å². The molecule has 0 spiro atoms. The van der Waals surface area contributed by atoms with Gasteiger partial charge in [0.05, 0.1) is 0 Å². The summed E-state index contributed by atoms with van der Waals surface area (Å²) in [5.74, 6) is 1.91. The van der Waals surface area contributed by atoms with E-state index in [0.717, 1.165) is 24.8 Å². The molecule has 0 radical (unpaired) electrons. The Morgan fingerprint density at radius 3 is 2.57 bits per heavy atom. The summed E-state index contributed by atoms with van der Waals surface area (Å²) in [5, 5.41) is 0. The fraction of sp³-hybridized carbons (Fsp3) is 0.778. The number of aromatic nitrogens is 2. The molecule has 14 heavy (non-hydrogen) atoms. The fourth-order valence-electron chi connectivity index (χ4n) is 2.23. The quantitative estimate of drug-likeness (QED) is 0.765. The maximum Gasteiger partial charge on any atom is 0.302 e. The number of nitrogens with zero attached hydrogens (tertiary/aromatic N) is 2. The maximum atomic E-state index is 11.4. The molecule has 2 unspecified atom stereocenters. The third kappa shape index (κ3) is 1.82. The molecule has 0 aromatic carbocycles. The lowest BCUT2D eigenvalue weighted by Crippen LogP contribution is -2.40. The van der Waals surface area contributed by atoms with Crippen LogP contribution in [0.5, 0.6) is 0 Å². The summed E-state index contributed by atoms with van der Waals surface area (Å²) in [6.07, 6.45) is 1.25. The van der Waals surface area contributed by atoms with Gasteiger partial charge in [-0.05, 0) is 18.3 Å². The van der Waals surface area contributed by atoms with E-state index >= 15 is 0 Å². The first-order valence-corrected chi connectivity index (χ1v) is 5.73. The average molecular weight is 213 g/mol. The van der Waals surface area contributed by atoms with Crippen molar-refractivity contribution in [3.63, 3.8) is 0 Å². The predicted octanol–water partition coefficient (Wildman–Crippen LogP) is 1.31. The molecule has 1 N–H and O–H groups in total. The van der Waals surface area contributed by atoms with E-state index in [4.69, 9.17) is 0 Å². The van der Waals surface area contributed by atoms with Crippen molar-refractivity contribution in [2.45, 2.75) is 20.3 Å². The van der Waals surface area contributed by atoms with Crippen LogP contribution in [0, 0.1) is 11.8 Å². The normalized spacial score (nSPS) is 28.0. The number of nitrogens with one attached hydrogen (secondary N) is 1. The highest BCUT2D eigenvalue weighted by molar-refractivity contribution is 6.99. The van der Waals surface area contributed by atoms with E-state index in [0.29, 0.717) is 17.7 Å². The van der Waals surface area contributed by atoms with Gasteiger partial charge in [0.2, 0.25) is 5.82 Å². The Kier molecular flexibility index (Phi) is 2.58. The van der Waals surface area contributed by atoms with Crippen LogP contribution in [0.1, 0.15) is 20.3 Å². The minimum absolute atomic E-state index is 0.0451. The smallest absolute Gasteiger partial charge is 0.302 e. The maximum absolute atomic E-state index is 11.4. The minimum atomic E-state index is -0.0451. The van der Waals surface area contributed by atoms with Gasteiger partial charge in [0.25, 0.3) is 0 Å². The van der Waals surface area contributed by atoms with Crippen LogP contribution in [-0.2, 0) is 0 Å². The molecular formula is C9H15N3OS. The van der Waals surface area contributed by atoms with Gasteiger partial charge in [-0.2, -0.15) is 4.37 Å². The molecule has 1 aliphatic rings. The van der Waals surface area contributed by atoms with Gasteiger partial charge in [0.15, 0.2) is 0 Å². The van der Waals surface area contributed by atoms with E-state index < -0.39 is 0 Å². The SMILES string of the molecule is CC1CC(C)CN(c2ns[nH]c2=O)C1. The van der Waals surface area contributed by atoms with Crippen molar-refractivity contribution >= 4 is 17.5 Å². The van der Waals surface area contributed by atoms with E-state index in [1.165, 1.54) is 6.42 Å². The molecule has 1 saturated heterocycles. The van der Waals surface area contributed by atoms with Crippen molar-refractivity contribution in [2.24, 2.45) is 11.8 Å². The van der Waals surface area contributed by atoms with Gasteiger partial charge in [0, 0.05) is 24.8 Å². The fourth-order valence-corrected chi connectivity index (χ4v) is 2.74. The number of piperidine rings is 1. The zero-order valence-corrected chi connectivity index (χ0v) is 9.30. The summed E-state index contributed by atoms with van der Waals surface area (Å²) >= 11 is 1.13. The number of hydrogen-bond donors (Lipinski definition) is 1. The predicted molar refractivity (Wildman–Crippen MR) is 57.9 cm³/mol. The first-order chi connectivity index (χ1) is 6.66. The van der Waals surface area contributed by atoms with Gasteiger partial charge in [-0.25, -0.2) is 0 Å². The second-order valence-electron chi connectivity index (χ2n) is 4.29. The first-order valence-electron chi connectivity index (χ1n) is 4.96. The highest BCUT2D eigenvalue weighted by Gasteiger charge is 2.24. The molecule has 4 nitrogen and oxygen atoms in total. The molecule has 5 heteroatoms. The Labute approximate surface area is 87.3 Å². The van der Waals surface area contributed by atoms with Crippen LogP contribution in [-0.4, -0.2) is 21.8 Å². The van der Waals surface area contributed by atoms with E-state index in [-0.39, 0.29) is 5.56 Å². The molecule has 78 valence electrons. The van der Waals surface area contributed by atoms with Crippen molar-refractivity contribution in [1.29, 1.82) is 0 Å². The monoisotopic (exact) mass is 213 g/mol. The van der Waals surface area contributed by atoms with Crippen molar-refractivity contribution in [1.82, 2.24) is 8.75 Å². The largest absolute Gasteiger partial charge is 0.351 e. The molecule has 2 heterocycles. The Hall–Kier alpha value is -0.840. The van der Waals surface area contributed by atoms with Crippen molar-refractivity contribution in [3.05, 3.63) is 10.4 Å². The minimum Gasteiger partial charge on any atom is -0.351 e. The molecule has 0 saturated carbocycles. The number of H-pyrrole nitrogens is 1. The van der Waals surface area contributed by atoms with Crippen LogP contribution in [0.2, 0.25) is 0 Å². The lowest BCUT2D eigenvalue weighted by Gasteiger charge is -2.34. The van der Waals surface area contributed by atoms with Gasteiger partial charge in [-0.3, -0.25) is 9.17 Å². The first kappa shape index (κ1) is 9.71. The Balaban J connectivity index is 2.19. The van der Waals surface area contributed by atoms with Gasteiger partial charge in [-0.15, -0.1) is 0 Å². The number of anilines is 1. The summed E-state index contributed by atoms with van der Waals surface area (Å²) < 4.78 is 6.74. The molecule has 0 aliphatic carbocycles. The Bertz CT molecular complexity index is 349. The second-order valence-corrected chi connectivity index (χ2v) is 4.86. The third-order valence-corrected chi connectivity index (χ3v) is 3.18. The second kappa shape index (κ2) is 3.73. The van der Waals surface area contributed by atoms with E-state index in [9.17, 15) is 4.79 Å². The topological polar surface area (TPSA) is 49.0 Å². The van der Waals surface area contributed by atoms with Gasteiger partial charge in [0.1, 0.15) is 0 Å². The Morgan fingerprint density at radius 1 is 1.43 bits per heavy atom. The van der Waals surface area contributed by atoms with Crippen molar-refractivity contribution < 1.29 is 0 Å². The highest BCUT2D eigenvalue weighted by atomic mass is 32.1. The third-order valence-electron chi connectivity index (χ3n) is 2.64. The molecule has 0 bridgehead atoms. The standard InChI is InChI=1S/C9H15N3OS/c1-6-3-7(2)5-12(4-6)8-9(13)11-14-10-8/h6-7H,3-5H2,1-2H3,(H,11,13). The lowest BCUT2D eigenvalue weighted by molar-refractivity contribution is 0.355. The number of hydrogen-bond acceptors (Lipinski definition) is 4. The Morgan fingerprint density at radius 2 is 2.07 bits per heavy atom. The molecule has 1 aromatic rings. The van der Waals surface area contributed by atoms with Crippen LogP contribution in [0.4, 0.5) is 5.82 Å². The molecular weight excluding hydrogens is 198 g/mol. The summed E-state index contributed by atoms with van der Waals surface area (Å²) in [6.45, 7) is 6.36. The van der Waals surface area contributed by atoms with Gasteiger partial charge < -0.3 is 4.90 Å². The molecule has 1 fully saturated rings. The molecule has 2 rings (SSSR count). The van der Waals surface area contributed by atoms with Crippen LogP contribution in [0.3, 0.4) is 0 Å². The van der Waals surface area contributed by atoms with Gasteiger partial charge >= 0.3 is 5.56 Å². The summed E-state index contributed by atoms with van der Waals surface area (Å²) in [7, 11) is 0. The zero-order valence-electron chi connectivity index (χ0n) is 8.49. The van der Waals surface area contributed by atoms with Crippen LogP contribution >= 0.6 is 11.7 Å². The van der Waals surface area contributed by atoms with Crippen LogP contribution in [0.15, 0.2) is 4.79 Å². The van der Waals surface area contributed by atoms with Crippen molar-refractivity contribution in [2.75, 3.05) is 18.0 Å². The summed E-state index contributed by atoms with van der Waals surface area (Å²) in [4.78, 5) is 13.5. The van der Waals surface area contributed by atoms with E-state index in [1.54, 1.807) is 0 Å². The number of aromatic amines is 1. The molecule has 1 aliphatic heterocycles. The van der Waals surface area contributed by atoms with Crippen molar-refractivity contribution in [3.8, 4) is 0 Å². The van der Waals surface area contributed by atoms with Crippen LogP contribution in [0.25, 0.3) is 0 Å². The summed E-state index contributed by atoms with van der Waals surface area (Å²) in [6, 6.07) is 0. The van der Waals surface area contributed by atoms with E-state index in [2.05, 4.69) is 27.5 Å². The summed E-state index contributed by atoms with van der Waals surface area (Å²) in [5.41, 5.74) is -0.0451. The highest BCUT2D eigenvalue weighted by Crippen LogP contribution is 2.23. The number of rotatable bonds is 1. The molecule has 1 aromatic heterocycles. The molecule has 0 amide bonds. The zero-order chi connectivity index (χ0) is 10.1. The molecule has 2 atom stereocenters. The van der Waals surface area contributed by atoms with Gasteiger partial charge in [-0.1, -0.05) is 13.8 Å². The lowest BCUT2D eigenvalue weighted by atomic mass is 9.92. The average Bonchev–Trinajstić information content (AvgIpc) is 2.49.